The van der Waals surface area contributed by atoms with Gasteiger partial charge in [0.15, 0.2) is 0 Å². The molecule has 2 aliphatic carbocycles. The quantitative estimate of drug-likeness (QED) is 0.797. The maximum Gasteiger partial charge on any atom is 0.253 e. The molecule has 4 heteroatoms. The van der Waals surface area contributed by atoms with Gasteiger partial charge in [-0.1, -0.05) is 18.5 Å². The van der Waals surface area contributed by atoms with Crippen molar-refractivity contribution >= 4 is 23.2 Å². The molecule has 0 spiro atoms. The van der Waals surface area contributed by atoms with Crippen LogP contribution in [0, 0.1) is 11.3 Å². The van der Waals surface area contributed by atoms with Crippen molar-refractivity contribution in [3.63, 3.8) is 0 Å². The first-order chi connectivity index (χ1) is 10.1. The number of hydrogen-bond donors (Lipinski definition) is 2. The van der Waals surface area contributed by atoms with Crippen LogP contribution in [0.2, 0.25) is 5.02 Å². The van der Waals surface area contributed by atoms with Gasteiger partial charge in [-0.2, -0.15) is 0 Å². The molecule has 1 aromatic carbocycles. The van der Waals surface area contributed by atoms with Crippen LogP contribution < -0.4 is 10.6 Å². The van der Waals surface area contributed by atoms with E-state index in [4.69, 9.17) is 11.6 Å². The topological polar surface area (TPSA) is 41.1 Å². The summed E-state index contributed by atoms with van der Waals surface area (Å²) >= 11 is 6.05. The van der Waals surface area contributed by atoms with E-state index in [0.29, 0.717) is 16.0 Å². The number of amides is 1. The van der Waals surface area contributed by atoms with E-state index in [0.717, 1.165) is 31.1 Å². The number of nitrogens with one attached hydrogen (secondary N) is 2. The molecule has 0 bridgehead atoms. The lowest BCUT2D eigenvalue weighted by atomic mass is 10.0. The third kappa shape index (κ3) is 3.34. The minimum absolute atomic E-state index is 0.0111. The highest BCUT2D eigenvalue weighted by atomic mass is 35.5. The molecule has 2 fully saturated rings. The molecule has 0 aliphatic heterocycles. The van der Waals surface area contributed by atoms with Gasteiger partial charge in [0.1, 0.15) is 0 Å². The van der Waals surface area contributed by atoms with Crippen LogP contribution in [-0.2, 0) is 0 Å². The largest absolute Gasteiger partial charge is 0.384 e. The summed E-state index contributed by atoms with van der Waals surface area (Å²) in [4.78, 5) is 12.5. The first kappa shape index (κ1) is 14.7. The van der Waals surface area contributed by atoms with Crippen LogP contribution in [0.3, 0.4) is 0 Å². The third-order valence-corrected chi connectivity index (χ3v) is 4.96. The number of benzene rings is 1. The van der Waals surface area contributed by atoms with Gasteiger partial charge in [-0.3, -0.25) is 4.79 Å². The van der Waals surface area contributed by atoms with Gasteiger partial charge in [-0.15, -0.1) is 0 Å². The Hall–Kier alpha value is -1.22. The van der Waals surface area contributed by atoms with Crippen molar-refractivity contribution in [1.82, 2.24) is 5.32 Å². The molecule has 114 valence electrons. The molecular formula is C17H23ClN2O. The summed E-state index contributed by atoms with van der Waals surface area (Å²) in [7, 11) is 0. The minimum atomic E-state index is -0.0111. The lowest BCUT2D eigenvalue weighted by Crippen LogP contribution is -2.31. The van der Waals surface area contributed by atoms with Gasteiger partial charge >= 0.3 is 0 Å². The highest BCUT2D eigenvalue weighted by molar-refractivity contribution is 6.31. The van der Waals surface area contributed by atoms with Crippen molar-refractivity contribution < 1.29 is 4.79 Å². The van der Waals surface area contributed by atoms with Crippen LogP contribution in [0.5, 0.6) is 0 Å². The van der Waals surface area contributed by atoms with Gasteiger partial charge in [-0.05, 0) is 61.6 Å². The molecule has 3 nitrogen and oxygen atoms in total. The number of carbonyl (C=O) groups is 1. The molecule has 0 atom stereocenters. The Morgan fingerprint density at radius 3 is 2.76 bits per heavy atom. The zero-order chi connectivity index (χ0) is 14.9. The van der Waals surface area contributed by atoms with Crippen molar-refractivity contribution in [3.05, 3.63) is 28.8 Å². The third-order valence-electron chi connectivity index (χ3n) is 4.73. The van der Waals surface area contributed by atoms with E-state index in [-0.39, 0.29) is 5.91 Å². The molecule has 1 amide bonds. The number of anilines is 1. The van der Waals surface area contributed by atoms with Gasteiger partial charge < -0.3 is 10.6 Å². The first-order valence-electron chi connectivity index (χ1n) is 7.96. The Bertz CT molecular complexity index is 536. The molecule has 1 aromatic rings. The van der Waals surface area contributed by atoms with Crippen molar-refractivity contribution in [3.8, 4) is 0 Å². The summed E-state index contributed by atoms with van der Waals surface area (Å²) in [5.41, 5.74) is 1.95. The van der Waals surface area contributed by atoms with Crippen molar-refractivity contribution in [1.29, 1.82) is 0 Å². The van der Waals surface area contributed by atoms with Crippen LogP contribution in [0.1, 0.15) is 49.4 Å². The summed E-state index contributed by atoms with van der Waals surface area (Å²) in [6.45, 7) is 3.78. The molecule has 0 unspecified atom stereocenters. The van der Waals surface area contributed by atoms with Crippen LogP contribution in [0.4, 0.5) is 5.69 Å². The normalized spacial score (nSPS) is 19.1. The highest BCUT2D eigenvalue weighted by Gasteiger charge is 2.53. The Morgan fingerprint density at radius 1 is 1.38 bits per heavy atom. The summed E-state index contributed by atoms with van der Waals surface area (Å²) in [5.74, 6) is 0.845. The summed E-state index contributed by atoms with van der Waals surface area (Å²) in [5, 5.41) is 7.03. The Labute approximate surface area is 131 Å². The van der Waals surface area contributed by atoms with E-state index in [1.54, 1.807) is 6.07 Å². The van der Waals surface area contributed by atoms with Gasteiger partial charge in [0.2, 0.25) is 0 Å². The zero-order valence-electron chi connectivity index (χ0n) is 12.5. The first-order valence-corrected chi connectivity index (χ1v) is 8.34. The Morgan fingerprint density at radius 2 is 2.14 bits per heavy atom. The molecule has 21 heavy (non-hydrogen) atoms. The van der Waals surface area contributed by atoms with Crippen LogP contribution in [0.25, 0.3) is 0 Å². The molecule has 3 rings (SSSR count). The monoisotopic (exact) mass is 306 g/mol. The Kier molecular flexibility index (Phi) is 4.12. The number of halogens is 1. The van der Waals surface area contributed by atoms with Crippen molar-refractivity contribution in [2.45, 2.75) is 39.0 Å². The predicted octanol–water partition coefficient (Wildman–Crippen LogP) is 4.08. The van der Waals surface area contributed by atoms with Crippen molar-refractivity contribution in [2.24, 2.45) is 11.3 Å². The molecule has 0 saturated heterocycles. The summed E-state index contributed by atoms with van der Waals surface area (Å²) in [6, 6.07) is 5.47. The fraction of sp³-hybridized carbons (Fsp3) is 0.588. The second-order valence-electron chi connectivity index (χ2n) is 6.44. The minimum Gasteiger partial charge on any atom is -0.384 e. The lowest BCUT2D eigenvalue weighted by molar-refractivity contribution is 0.0943. The van der Waals surface area contributed by atoms with Gasteiger partial charge in [0, 0.05) is 23.8 Å². The number of rotatable bonds is 7. The molecule has 2 saturated carbocycles. The molecule has 0 heterocycles. The highest BCUT2D eigenvalue weighted by Crippen LogP contribution is 2.60. The van der Waals surface area contributed by atoms with E-state index in [9.17, 15) is 4.79 Å². The fourth-order valence-electron chi connectivity index (χ4n) is 3.06. The average Bonchev–Trinajstić information content (AvgIpc) is 3.36. The predicted molar refractivity (Wildman–Crippen MR) is 87.0 cm³/mol. The lowest BCUT2D eigenvalue weighted by Gasteiger charge is -2.17. The van der Waals surface area contributed by atoms with Crippen LogP contribution in [0.15, 0.2) is 18.2 Å². The van der Waals surface area contributed by atoms with Gasteiger partial charge in [0.25, 0.3) is 5.91 Å². The van der Waals surface area contributed by atoms with E-state index < -0.39 is 0 Å². The van der Waals surface area contributed by atoms with E-state index in [1.165, 1.54) is 25.7 Å². The number of carbonyl (C=O) groups excluding carboxylic acids is 1. The second-order valence-corrected chi connectivity index (χ2v) is 6.87. The zero-order valence-corrected chi connectivity index (χ0v) is 13.3. The van der Waals surface area contributed by atoms with E-state index in [1.807, 2.05) is 12.1 Å². The van der Waals surface area contributed by atoms with Crippen LogP contribution >= 0.6 is 11.6 Å². The van der Waals surface area contributed by atoms with E-state index in [2.05, 4.69) is 17.6 Å². The molecule has 2 aliphatic rings. The fourth-order valence-corrected chi connectivity index (χ4v) is 3.23. The molecule has 0 aromatic heterocycles. The molecule has 0 radical (unpaired) electrons. The molecule has 2 N–H and O–H groups in total. The second kappa shape index (κ2) is 5.88. The number of hydrogen-bond acceptors (Lipinski definition) is 2. The standard InChI is InChI=1S/C17H23ClN2O/c1-2-9-19-15-6-5-13(18)10-14(15)16(21)20-11-17(7-8-17)12-3-4-12/h5-6,10,12,19H,2-4,7-9,11H2,1H3,(H,20,21). The average molecular weight is 307 g/mol. The molecular weight excluding hydrogens is 284 g/mol. The smallest absolute Gasteiger partial charge is 0.253 e. The van der Waals surface area contributed by atoms with Gasteiger partial charge in [0.05, 0.1) is 5.56 Å². The summed E-state index contributed by atoms with van der Waals surface area (Å²) in [6.07, 6.45) is 6.25. The van der Waals surface area contributed by atoms with E-state index >= 15 is 0 Å². The van der Waals surface area contributed by atoms with Crippen LogP contribution in [-0.4, -0.2) is 19.0 Å². The maximum atomic E-state index is 12.5. The maximum absolute atomic E-state index is 12.5. The van der Waals surface area contributed by atoms with Gasteiger partial charge in [-0.25, -0.2) is 0 Å². The summed E-state index contributed by atoms with van der Waals surface area (Å²) < 4.78 is 0. The SMILES string of the molecule is CCCNc1ccc(Cl)cc1C(=O)NCC1(C2CC2)CC1. The Balaban J connectivity index is 1.66. The van der Waals surface area contributed by atoms with Crippen molar-refractivity contribution in [2.75, 3.05) is 18.4 Å².